The molecule has 10 heteroatoms. The number of carbonyl (C=O) groups excluding carboxylic acids is 1. The largest absolute Gasteiger partial charge is 0.433 e. The van der Waals surface area contributed by atoms with Crippen LogP contribution in [0, 0.1) is 0 Å². The molecule has 7 nitrogen and oxygen atoms in total. The zero-order valence-corrected chi connectivity index (χ0v) is 16.0. The van der Waals surface area contributed by atoms with E-state index in [0.717, 1.165) is 17.8 Å². The molecule has 31 heavy (non-hydrogen) atoms. The molecule has 0 radical (unpaired) electrons. The number of halogens is 3. The number of alkyl halides is 3. The fourth-order valence-electron chi connectivity index (χ4n) is 2.93. The molecule has 0 fully saturated rings. The Morgan fingerprint density at radius 1 is 0.903 bits per heavy atom. The van der Waals surface area contributed by atoms with Gasteiger partial charge in [0.1, 0.15) is 5.69 Å². The van der Waals surface area contributed by atoms with Gasteiger partial charge in [-0.15, -0.1) is 0 Å². The van der Waals surface area contributed by atoms with Crippen LogP contribution in [-0.2, 0) is 23.9 Å². The SMILES string of the molecule is O=C(Cc1ccc(-c2cnccn2)cn1)Cn1cc(-c2ccnc(C(F)(F)F)c2)cn1. The van der Waals surface area contributed by atoms with Crippen LogP contribution < -0.4 is 0 Å². The predicted molar refractivity (Wildman–Crippen MR) is 104 cm³/mol. The maximum absolute atomic E-state index is 12.8. The molecule has 0 bridgehead atoms. The Hall–Kier alpha value is -3.95. The van der Waals surface area contributed by atoms with E-state index in [2.05, 4.69) is 25.0 Å². The van der Waals surface area contributed by atoms with E-state index in [1.54, 1.807) is 30.9 Å². The Balaban J connectivity index is 1.40. The number of ketones is 1. The number of Topliss-reactive ketones (excluding diaryl/α,β-unsaturated/α-hetero) is 1. The van der Waals surface area contributed by atoms with Gasteiger partial charge in [0.2, 0.25) is 0 Å². The van der Waals surface area contributed by atoms with Crippen LogP contribution in [0.5, 0.6) is 0 Å². The molecule has 0 unspecified atom stereocenters. The number of nitrogens with zero attached hydrogens (tertiary/aromatic N) is 6. The van der Waals surface area contributed by atoms with Crippen molar-refractivity contribution in [2.24, 2.45) is 0 Å². The van der Waals surface area contributed by atoms with Crippen LogP contribution in [0.1, 0.15) is 11.4 Å². The van der Waals surface area contributed by atoms with Crippen LogP contribution in [0.4, 0.5) is 13.2 Å². The van der Waals surface area contributed by atoms with Gasteiger partial charge in [0.15, 0.2) is 5.78 Å². The highest BCUT2D eigenvalue weighted by Crippen LogP contribution is 2.30. The number of pyridine rings is 2. The number of rotatable bonds is 6. The molecule has 4 heterocycles. The molecule has 156 valence electrons. The van der Waals surface area contributed by atoms with Crippen LogP contribution in [0.3, 0.4) is 0 Å². The summed E-state index contributed by atoms with van der Waals surface area (Å²) in [5.41, 5.74) is 1.87. The molecule has 4 aromatic rings. The monoisotopic (exact) mass is 424 g/mol. The van der Waals surface area contributed by atoms with E-state index >= 15 is 0 Å². The van der Waals surface area contributed by atoms with Crippen LogP contribution in [-0.4, -0.2) is 35.5 Å². The standard InChI is InChI=1S/C21H15F3N6O/c22-21(23,24)20-7-14(3-4-27-20)16-10-29-30(12-16)13-18(31)8-17-2-1-15(9-28-17)19-11-25-5-6-26-19/h1-7,9-12H,8,13H2. The van der Waals surface area contributed by atoms with Crippen LogP contribution in [0.15, 0.2) is 67.6 Å². The number of carbonyl (C=O) groups is 1. The summed E-state index contributed by atoms with van der Waals surface area (Å²) in [4.78, 5) is 28.2. The third-order valence-corrected chi connectivity index (χ3v) is 4.42. The summed E-state index contributed by atoms with van der Waals surface area (Å²) in [6, 6.07) is 5.96. The van der Waals surface area contributed by atoms with Gasteiger partial charge in [-0.05, 0) is 29.8 Å². The van der Waals surface area contributed by atoms with E-state index < -0.39 is 11.9 Å². The van der Waals surface area contributed by atoms with Crippen molar-refractivity contribution < 1.29 is 18.0 Å². The van der Waals surface area contributed by atoms with Crippen LogP contribution >= 0.6 is 0 Å². The molecule has 0 amide bonds. The highest BCUT2D eigenvalue weighted by molar-refractivity contribution is 5.80. The lowest BCUT2D eigenvalue weighted by molar-refractivity contribution is -0.141. The van der Waals surface area contributed by atoms with Crippen molar-refractivity contribution >= 4 is 5.78 Å². The van der Waals surface area contributed by atoms with Gasteiger partial charge in [0.25, 0.3) is 0 Å². The van der Waals surface area contributed by atoms with Gasteiger partial charge in [-0.3, -0.25) is 29.4 Å². The number of hydrogen-bond donors (Lipinski definition) is 0. The molecule has 0 aliphatic carbocycles. The minimum Gasteiger partial charge on any atom is -0.297 e. The summed E-state index contributed by atoms with van der Waals surface area (Å²) in [7, 11) is 0. The van der Waals surface area contributed by atoms with Crippen molar-refractivity contribution in [2.75, 3.05) is 0 Å². The molecule has 0 aliphatic rings. The van der Waals surface area contributed by atoms with E-state index in [1.807, 2.05) is 6.07 Å². The second-order valence-electron chi connectivity index (χ2n) is 6.70. The molecule has 0 aromatic carbocycles. The van der Waals surface area contributed by atoms with Gasteiger partial charge >= 0.3 is 6.18 Å². The third kappa shape index (κ3) is 4.97. The minimum atomic E-state index is -4.53. The van der Waals surface area contributed by atoms with Crippen molar-refractivity contribution in [3.8, 4) is 22.4 Å². The van der Waals surface area contributed by atoms with E-state index in [9.17, 15) is 18.0 Å². The fraction of sp³-hybridized carbons (Fsp3) is 0.143. The molecule has 4 rings (SSSR count). The van der Waals surface area contributed by atoms with E-state index in [1.165, 1.54) is 23.1 Å². The highest BCUT2D eigenvalue weighted by atomic mass is 19.4. The summed E-state index contributed by atoms with van der Waals surface area (Å²) in [5.74, 6) is -0.139. The van der Waals surface area contributed by atoms with Crippen LogP contribution in [0.25, 0.3) is 22.4 Å². The van der Waals surface area contributed by atoms with Crippen molar-refractivity contribution in [1.82, 2.24) is 29.7 Å². The van der Waals surface area contributed by atoms with Gasteiger partial charge in [-0.2, -0.15) is 18.3 Å². The zero-order chi connectivity index (χ0) is 21.8. The highest BCUT2D eigenvalue weighted by Gasteiger charge is 2.32. The predicted octanol–water partition coefficient (Wildman–Crippen LogP) is 3.63. The fourth-order valence-corrected chi connectivity index (χ4v) is 2.93. The summed E-state index contributed by atoms with van der Waals surface area (Å²) in [6.07, 6.45) is 6.01. The lowest BCUT2D eigenvalue weighted by atomic mass is 10.1. The smallest absolute Gasteiger partial charge is 0.297 e. The Bertz CT molecular complexity index is 1190. The van der Waals surface area contributed by atoms with Gasteiger partial charge in [0.05, 0.1) is 31.1 Å². The first-order valence-electron chi connectivity index (χ1n) is 9.17. The normalized spacial score (nSPS) is 11.5. The Morgan fingerprint density at radius 2 is 1.77 bits per heavy atom. The summed E-state index contributed by atoms with van der Waals surface area (Å²) >= 11 is 0. The molecule has 0 saturated heterocycles. The van der Waals surface area contributed by atoms with Gasteiger partial charge in [-0.1, -0.05) is 0 Å². The second-order valence-corrected chi connectivity index (χ2v) is 6.70. The maximum atomic E-state index is 12.8. The third-order valence-electron chi connectivity index (χ3n) is 4.42. The van der Waals surface area contributed by atoms with Gasteiger partial charge in [0, 0.05) is 47.8 Å². The lowest BCUT2D eigenvalue weighted by Crippen LogP contribution is -2.13. The molecule has 0 N–H and O–H groups in total. The minimum absolute atomic E-state index is 0.0230. The maximum Gasteiger partial charge on any atom is 0.433 e. The Morgan fingerprint density at radius 3 is 2.48 bits per heavy atom. The van der Waals surface area contributed by atoms with Crippen molar-refractivity contribution in [1.29, 1.82) is 0 Å². The average Bonchev–Trinajstić information content (AvgIpc) is 3.23. The number of hydrogen-bond acceptors (Lipinski definition) is 6. The quantitative estimate of drug-likeness (QED) is 0.470. The second kappa shape index (κ2) is 8.42. The summed E-state index contributed by atoms with van der Waals surface area (Å²) in [6.45, 7) is -0.0230. The van der Waals surface area contributed by atoms with Crippen molar-refractivity contribution in [3.63, 3.8) is 0 Å². The summed E-state index contributed by atoms with van der Waals surface area (Å²) < 4.78 is 39.9. The molecule has 4 aromatic heterocycles. The van der Waals surface area contributed by atoms with E-state index in [4.69, 9.17) is 0 Å². The zero-order valence-electron chi connectivity index (χ0n) is 16.0. The summed E-state index contributed by atoms with van der Waals surface area (Å²) in [5, 5.41) is 4.08. The average molecular weight is 424 g/mol. The molecule has 0 aliphatic heterocycles. The van der Waals surface area contributed by atoms with Crippen molar-refractivity contribution in [2.45, 2.75) is 19.1 Å². The molecule has 0 saturated carbocycles. The first-order valence-corrected chi connectivity index (χ1v) is 9.17. The molecular formula is C21H15F3N6O. The Kier molecular flexibility index (Phi) is 5.52. The topological polar surface area (TPSA) is 86.5 Å². The lowest BCUT2D eigenvalue weighted by Gasteiger charge is -2.06. The van der Waals surface area contributed by atoms with Crippen molar-refractivity contribution in [3.05, 3.63) is 79.0 Å². The van der Waals surface area contributed by atoms with Gasteiger partial charge < -0.3 is 0 Å². The van der Waals surface area contributed by atoms with E-state index in [-0.39, 0.29) is 18.7 Å². The number of aromatic nitrogens is 6. The van der Waals surface area contributed by atoms with Crippen LogP contribution in [0.2, 0.25) is 0 Å². The Labute approximate surface area is 174 Å². The molecule has 0 spiro atoms. The first kappa shape index (κ1) is 20.3. The first-order chi connectivity index (χ1) is 14.9. The van der Waals surface area contributed by atoms with E-state index in [0.29, 0.717) is 22.5 Å². The van der Waals surface area contributed by atoms with Gasteiger partial charge in [-0.25, -0.2) is 0 Å². The molecular weight excluding hydrogens is 409 g/mol. The molecule has 0 atom stereocenters.